The van der Waals surface area contributed by atoms with Crippen molar-refractivity contribution in [2.75, 3.05) is 17.3 Å². The summed E-state index contributed by atoms with van der Waals surface area (Å²) in [6.45, 7) is 0. The van der Waals surface area contributed by atoms with Crippen molar-refractivity contribution in [2.24, 2.45) is 0 Å². The van der Waals surface area contributed by atoms with Crippen molar-refractivity contribution in [1.29, 1.82) is 0 Å². The van der Waals surface area contributed by atoms with Crippen LogP contribution in [0.1, 0.15) is 26.3 Å². The van der Waals surface area contributed by atoms with Crippen molar-refractivity contribution in [1.82, 2.24) is 0 Å². The molecule has 0 aliphatic rings. The third-order valence-corrected chi connectivity index (χ3v) is 6.53. The molecule has 0 aliphatic carbocycles. The number of hydrogen-bond donors (Lipinski definition) is 1. The molecule has 5 nitrogen and oxygen atoms in total. The Balaban J connectivity index is 2.07. The summed E-state index contributed by atoms with van der Waals surface area (Å²) < 4.78 is 164. The summed E-state index contributed by atoms with van der Waals surface area (Å²) in [6.07, 6.45) is -19.1. The molecule has 2 amide bonds. The summed E-state index contributed by atoms with van der Waals surface area (Å²) in [6, 6.07) is 6.18. The summed E-state index contributed by atoms with van der Waals surface area (Å²) in [5.41, 5.74) is -11.3. The van der Waals surface area contributed by atoms with E-state index in [0.717, 1.165) is 72.1 Å². The summed E-state index contributed by atoms with van der Waals surface area (Å²) >= 11 is 0.919. The highest BCUT2D eigenvalue weighted by Gasteiger charge is 2.73. The van der Waals surface area contributed by atoms with Crippen LogP contribution in [0.5, 0.6) is 5.75 Å². The zero-order chi connectivity index (χ0) is 32.7. The number of alkyl halides is 10. The molecule has 0 heterocycles. The van der Waals surface area contributed by atoms with Crippen LogP contribution in [0.3, 0.4) is 0 Å². The maximum atomic E-state index is 15.3. The molecule has 0 saturated carbocycles. The van der Waals surface area contributed by atoms with Gasteiger partial charge in [-0.25, -0.2) is 13.2 Å². The van der Waals surface area contributed by atoms with E-state index in [0.29, 0.717) is 4.90 Å². The summed E-state index contributed by atoms with van der Waals surface area (Å²) in [4.78, 5) is 26.3. The van der Waals surface area contributed by atoms with Crippen molar-refractivity contribution < 1.29 is 67.0 Å². The number of rotatable bonds is 6. The Kier molecular flexibility index (Phi) is 9.24. The van der Waals surface area contributed by atoms with Crippen LogP contribution in [-0.2, 0) is 5.67 Å². The fourth-order valence-corrected chi connectivity index (χ4v) is 4.36. The van der Waals surface area contributed by atoms with Crippen molar-refractivity contribution in [3.63, 3.8) is 0 Å². The fourth-order valence-electron chi connectivity index (χ4n) is 3.63. The Morgan fingerprint density at radius 3 is 1.91 bits per heavy atom. The molecule has 0 aromatic heterocycles. The quantitative estimate of drug-likeness (QED) is 0.204. The highest BCUT2D eigenvalue weighted by molar-refractivity contribution is 14.1. The van der Waals surface area contributed by atoms with Gasteiger partial charge in [-0.15, -0.1) is 13.2 Å². The van der Waals surface area contributed by atoms with E-state index < -0.39 is 85.7 Å². The van der Waals surface area contributed by atoms with E-state index in [1.165, 1.54) is 0 Å². The first-order valence-corrected chi connectivity index (χ1v) is 12.2. The van der Waals surface area contributed by atoms with Crippen LogP contribution < -0.4 is 15.0 Å². The number of nitrogens with one attached hydrogen (secondary N) is 1. The maximum absolute atomic E-state index is 15.3. The van der Waals surface area contributed by atoms with Crippen LogP contribution in [0.25, 0.3) is 0 Å². The van der Waals surface area contributed by atoms with E-state index >= 15 is 4.39 Å². The van der Waals surface area contributed by atoms with Gasteiger partial charge in [-0.05, 0) is 71.1 Å². The van der Waals surface area contributed by atoms with Gasteiger partial charge in [-0.2, -0.15) is 26.3 Å². The van der Waals surface area contributed by atoms with E-state index in [4.69, 9.17) is 0 Å². The third-order valence-electron chi connectivity index (χ3n) is 5.68. The molecular formula is C25H13F12IN2O3. The van der Waals surface area contributed by atoms with Gasteiger partial charge in [0.2, 0.25) is 0 Å². The van der Waals surface area contributed by atoms with Crippen molar-refractivity contribution in [3.8, 4) is 5.75 Å². The predicted molar refractivity (Wildman–Crippen MR) is 134 cm³/mol. The smallest absolute Gasteiger partial charge is 0.404 e. The normalized spacial score (nSPS) is 12.6. The monoisotopic (exact) mass is 744 g/mol. The topological polar surface area (TPSA) is 58.6 Å². The fraction of sp³-hybridized carbons (Fsp3) is 0.200. The van der Waals surface area contributed by atoms with Gasteiger partial charge in [-0.1, -0.05) is 6.07 Å². The molecule has 0 radical (unpaired) electrons. The second-order valence-corrected chi connectivity index (χ2v) is 9.66. The average Bonchev–Trinajstić information content (AvgIpc) is 2.87. The molecule has 0 spiro atoms. The maximum Gasteiger partial charge on any atom is 0.573 e. The molecule has 18 heteroatoms. The largest absolute Gasteiger partial charge is 0.573 e. The number of ether oxygens (including phenoxy) is 1. The van der Waals surface area contributed by atoms with E-state index in [-0.39, 0.29) is 11.6 Å². The first-order chi connectivity index (χ1) is 19.6. The molecule has 43 heavy (non-hydrogen) atoms. The van der Waals surface area contributed by atoms with E-state index in [9.17, 15) is 57.9 Å². The zero-order valence-electron chi connectivity index (χ0n) is 20.8. The molecule has 3 rings (SSSR count). The molecule has 0 aliphatic heterocycles. The van der Waals surface area contributed by atoms with Crippen LogP contribution in [0.2, 0.25) is 0 Å². The molecule has 0 bridgehead atoms. The Morgan fingerprint density at radius 1 is 0.837 bits per heavy atom. The van der Waals surface area contributed by atoms with Crippen molar-refractivity contribution in [3.05, 3.63) is 86.5 Å². The molecule has 0 fully saturated rings. The first kappa shape index (κ1) is 33.8. The zero-order valence-corrected chi connectivity index (χ0v) is 22.9. The van der Waals surface area contributed by atoms with Crippen LogP contribution >= 0.6 is 22.6 Å². The minimum Gasteiger partial charge on any atom is -0.404 e. The van der Waals surface area contributed by atoms with Gasteiger partial charge in [0.25, 0.3) is 11.8 Å². The van der Waals surface area contributed by atoms with Gasteiger partial charge in [0, 0.05) is 21.7 Å². The van der Waals surface area contributed by atoms with Crippen LogP contribution in [0.15, 0.2) is 54.6 Å². The van der Waals surface area contributed by atoms with Crippen LogP contribution in [0.4, 0.5) is 64.1 Å². The molecule has 232 valence electrons. The molecule has 3 aromatic rings. The van der Waals surface area contributed by atoms with Crippen LogP contribution in [-0.4, -0.2) is 37.6 Å². The minimum absolute atomic E-state index is 0.108. The average molecular weight is 744 g/mol. The highest BCUT2D eigenvalue weighted by atomic mass is 127. The lowest BCUT2D eigenvalue weighted by atomic mass is 9.93. The number of carbonyl (C=O) groups excluding carboxylic acids is 2. The van der Waals surface area contributed by atoms with E-state index in [2.05, 4.69) is 4.74 Å². The van der Waals surface area contributed by atoms with Gasteiger partial charge < -0.3 is 15.0 Å². The van der Waals surface area contributed by atoms with Gasteiger partial charge >= 0.3 is 24.4 Å². The van der Waals surface area contributed by atoms with Gasteiger partial charge in [0.05, 0.1) is 16.9 Å². The molecule has 0 unspecified atom stereocenters. The number of carbonyl (C=O) groups is 2. The molecule has 3 aromatic carbocycles. The number of anilines is 2. The molecular weight excluding hydrogens is 731 g/mol. The van der Waals surface area contributed by atoms with E-state index in [1.54, 1.807) is 5.32 Å². The second kappa shape index (κ2) is 11.8. The van der Waals surface area contributed by atoms with Crippen LogP contribution in [0, 0.1) is 15.2 Å². The number of hydrogen-bond acceptors (Lipinski definition) is 3. The van der Waals surface area contributed by atoms with Gasteiger partial charge in [0.1, 0.15) is 5.82 Å². The Labute approximate surface area is 246 Å². The van der Waals surface area contributed by atoms with Gasteiger partial charge in [0.15, 0.2) is 11.6 Å². The van der Waals surface area contributed by atoms with Gasteiger partial charge in [-0.3, -0.25) is 9.59 Å². The molecule has 0 atom stereocenters. The minimum atomic E-state index is -6.68. The lowest BCUT2D eigenvalue weighted by molar-refractivity contribution is -0.348. The Morgan fingerprint density at radius 2 is 1.40 bits per heavy atom. The lowest BCUT2D eigenvalue weighted by Gasteiger charge is -2.31. The number of halogens is 13. The molecule has 0 saturated heterocycles. The summed E-state index contributed by atoms with van der Waals surface area (Å²) in [5, 5.41) is 1.71. The Hall–Kier alpha value is -3.71. The summed E-state index contributed by atoms with van der Waals surface area (Å²) in [7, 11) is 1.06. The van der Waals surface area contributed by atoms with Crippen molar-refractivity contribution >= 4 is 45.8 Å². The SMILES string of the molecule is CN(C(=O)c1ccc(F)cc1)c1cccc(C(=O)Nc2c(I)cc(C(F)(C(F)(F)F)C(F)(F)F)cc2OC(F)(F)F)c1F. The summed E-state index contributed by atoms with van der Waals surface area (Å²) in [5.74, 6) is -6.46. The Bertz CT molecular complexity index is 1520. The lowest BCUT2D eigenvalue weighted by Crippen LogP contribution is -2.50. The highest BCUT2D eigenvalue weighted by Crippen LogP contribution is 2.54. The number of benzene rings is 3. The standard InChI is InChI=1S/C25H13F12IN2O3/c1-40(21(42)11-5-7-13(26)8-6-11)16-4-2-3-14(18(16)27)20(41)39-19-15(38)9-12(10-17(19)43-25(35,36)37)22(28,23(29,30)31)24(32,33)34/h2-10H,1H3,(H,39,41). The van der Waals surface area contributed by atoms with Crippen molar-refractivity contribution in [2.45, 2.75) is 24.4 Å². The third kappa shape index (κ3) is 6.93. The number of nitrogens with zero attached hydrogens (tertiary/aromatic N) is 1. The predicted octanol–water partition coefficient (Wildman–Crippen LogP) is 8.29. The second-order valence-electron chi connectivity index (χ2n) is 8.50. The number of amides is 2. The van der Waals surface area contributed by atoms with E-state index in [1.807, 2.05) is 0 Å². The molecule has 1 N–H and O–H groups in total. The first-order valence-electron chi connectivity index (χ1n) is 11.1.